The predicted molar refractivity (Wildman–Crippen MR) is 109 cm³/mol. The SMILES string of the molecule is CCN(CC1CCCO1)C(=O)c1cc(-c2ccccc2)nc2c1cnn2CC. The molecule has 3 aromatic rings. The second-order valence-electron chi connectivity index (χ2n) is 7.10. The summed E-state index contributed by atoms with van der Waals surface area (Å²) in [6.45, 7) is 6.80. The number of aryl methyl sites for hydroxylation is 1. The third-order valence-electron chi connectivity index (χ3n) is 5.33. The van der Waals surface area contributed by atoms with E-state index in [2.05, 4.69) is 5.10 Å². The molecule has 1 amide bonds. The lowest BCUT2D eigenvalue weighted by atomic mass is 10.1. The highest BCUT2D eigenvalue weighted by Gasteiger charge is 2.25. The van der Waals surface area contributed by atoms with Crippen molar-refractivity contribution in [3.8, 4) is 11.3 Å². The number of hydrogen-bond donors (Lipinski definition) is 0. The van der Waals surface area contributed by atoms with E-state index in [0.29, 0.717) is 25.2 Å². The van der Waals surface area contributed by atoms with Gasteiger partial charge in [-0.1, -0.05) is 30.3 Å². The van der Waals surface area contributed by atoms with Gasteiger partial charge >= 0.3 is 0 Å². The Bertz CT molecular complexity index is 961. The highest BCUT2D eigenvalue weighted by molar-refractivity contribution is 6.06. The van der Waals surface area contributed by atoms with Gasteiger partial charge in [0.25, 0.3) is 5.91 Å². The molecule has 0 spiro atoms. The van der Waals surface area contributed by atoms with Crippen molar-refractivity contribution < 1.29 is 9.53 Å². The number of nitrogens with zero attached hydrogens (tertiary/aromatic N) is 4. The van der Waals surface area contributed by atoms with Gasteiger partial charge in [0.1, 0.15) is 0 Å². The van der Waals surface area contributed by atoms with E-state index < -0.39 is 0 Å². The molecule has 0 bridgehead atoms. The molecule has 0 saturated carbocycles. The molecule has 3 heterocycles. The second kappa shape index (κ2) is 8.10. The van der Waals surface area contributed by atoms with Gasteiger partial charge in [0.15, 0.2) is 5.65 Å². The van der Waals surface area contributed by atoms with E-state index >= 15 is 0 Å². The minimum absolute atomic E-state index is 0.0123. The molecule has 6 heteroatoms. The molecule has 146 valence electrons. The number of benzene rings is 1. The Morgan fingerprint density at radius 1 is 1.29 bits per heavy atom. The number of hydrogen-bond acceptors (Lipinski definition) is 4. The van der Waals surface area contributed by atoms with Crippen molar-refractivity contribution in [3.05, 3.63) is 48.2 Å². The standard InChI is InChI=1S/C22H26N4O2/c1-3-25(15-17-11-8-12-28-17)22(27)18-13-20(16-9-6-5-7-10-16)24-21-19(18)14-23-26(21)4-2/h5-7,9-10,13-14,17H,3-4,8,11-12,15H2,1-2H3. The fraction of sp³-hybridized carbons (Fsp3) is 0.409. The number of pyridine rings is 1. The first-order valence-electron chi connectivity index (χ1n) is 10.0. The van der Waals surface area contributed by atoms with Crippen LogP contribution in [0.25, 0.3) is 22.3 Å². The van der Waals surface area contributed by atoms with Crippen LogP contribution in [0.5, 0.6) is 0 Å². The largest absolute Gasteiger partial charge is 0.376 e. The van der Waals surface area contributed by atoms with Crippen LogP contribution in [0.1, 0.15) is 37.0 Å². The highest BCUT2D eigenvalue weighted by atomic mass is 16.5. The fourth-order valence-corrected chi connectivity index (χ4v) is 3.77. The molecule has 2 aromatic heterocycles. The van der Waals surface area contributed by atoms with Crippen molar-refractivity contribution in [2.45, 2.75) is 39.3 Å². The zero-order valence-corrected chi connectivity index (χ0v) is 16.5. The Morgan fingerprint density at radius 3 is 2.79 bits per heavy atom. The van der Waals surface area contributed by atoms with Crippen molar-refractivity contribution in [2.24, 2.45) is 0 Å². The smallest absolute Gasteiger partial charge is 0.254 e. The summed E-state index contributed by atoms with van der Waals surface area (Å²) in [4.78, 5) is 20.2. The van der Waals surface area contributed by atoms with Gasteiger partial charge < -0.3 is 9.64 Å². The highest BCUT2D eigenvalue weighted by Crippen LogP contribution is 2.26. The Balaban J connectivity index is 1.77. The molecular formula is C22H26N4O2. The number of rotatable bonds is 6. The number of carbonyl (C=O) groups excluding carboxylic acids is 1. The van der Waals surface area contributed by atoms with E-state index in [4.69, 9.17) is 9.72 Å². The third kappa shape index (κ3) is 3.52. The van der Waals surface area contributed by atoms with Crippen LogP contribution < -0.4 is 0 Å². The molecule has 1 saturated heterocycles. The van der Waals surface area contributed by atoms with Gasteiger partial charge in [0.2, 0.25) is 0 Å². The number of aromatic nitrogens is 3. The van der Waals surface area contributed by atoms with E-state index in [1.165, 1.54) is 0 Å². The van der Waals surface area contributed by atoms with Crippen LogP contribution in [0, 0.1) is 0 Å². The first-order chi connectivity index (χ1) is 13.7. The van der Waals surface area contributed by atoms with Crippen LogP contribution >= 0.6 is 0 Å². The van der Waals surface area contributed by atoms with Crippen molar-refractivity contribution in [2.75, 3.05) is 19.7 Å². The lowest BCUT2D eigenvalue weighted by Gasteiger charge is -2.24. The van der Waals surface area contributed by atoms with Crippen LogP contribution in [-0.2, 0) is 11.3 Å². The van der Waals surface area contributed by atoms with Crippen molar-refractivity contribution in [3.63, 3.8) is 0 Å². The van der Waals surface area contributed by atoms with Gasteiger partial charge in [0, 0.05) is 31.8 Å². The van der Waals surface area contributed by atoms with E-state index in [0.717, 1.165) is 41.7 Å². The molecule has 1 unspecified atom stereocenters. The summed E-state index contributed by atoms with van der Waals surface area (Å²) >= 11 is 0. The maximum atomic E-state index is 13.5. The van der Waals surface area contributed by atoms with Gasteiger partial charge in [0.05, 0.1) is 28.9 Å². The molecular weight excluding hydrogens is 352 g/mol. The number of carbonyl (C=O) groups is 1. The lowest BCUT2D eigenvalue weighted by Crippen LogP contribution is -2.37. The molecule has 6 nitrogen and oxygen atoms in total. The van der Waals surface area contributed by atoms with Crippen LogP contribution in [0.15, 0.2) is 42.6 Å². The van der Waals surface area contributed by atoms with Gasteiger partial charge in [-0.3, -0.25) is 4.79 Å². The quantitative estimate of drug-likeness (QED) is 0.655. The van der Waals surface area contributed by atoms with Crippen LogP contribution in [0.2, 0.25) is 0 Å². The number of fused-ring (bicyclic) bond motifs is 1. The minimum Gasteiger partial charge on any atom is -0.376 e. The Morgan fingerprint density at radius 2 is 2.11 bits per heavy atom. The minimum atomic E-state index is 0.0123. The van der Waals surface area contributed by atoms with Crippen molar-refractivity contribution in [1.82, 2.24) is 19.7 Å². The van der Waals surface area contributed by atoms with Crippen LogP contribution in [0.4, 0.5) is 0 Å². The van der Waals surface area contributed by atoms with E-state index in [1.807, 2.05) is 59.8 Å². The molecule has 1 aliphatic heterocycles. The summed E-state index contributed by atoms with van der Waals surface area (Å²) in [5.41, 5.74) is 3.19. The molecule has 28 heavy (non-hydrogen) atoms. The molecule has 1 fully saturated rings. The molecule has 0 radical (unpaired) electrons. The maximum absolute atomic E-state index is 13.5. The maximum Gasteiger partial charge on any atom is 0.254 e. The fourth-order valence-electron chi connectivity index (χ4n) is 3.77. The average molecular weight is 378 g/mol. The monoisotopic (exact) mass is 378 g/mol. The molecule has 4 rings (SSSR count). The van der Waals surface area contributed by atoms with Crippen LogP contribution in [-0.4, -0.2) is 51.4 Å². The molecule has 0 aliphatic carbocycles. The Labute approximate surface area is 165 Å². The molecule has 1 aromatic carbocycles. The molecule has 1 aliphatic rings. The zero-order valence-electron chi connectivity index (χ0n) is 16.5. The number of ether oxygens (including phenoxy) is 1. The number of likely N-dealkylation sites (N-methyl/N-ethyl adjacent to an activating group) is 1. The summed E-state index contributed by atoms with van der Waals surface area (Å²) < 4.78 is 7.59. The Kier molecular flexibility index (Phi) is 5.39. The van der Waals surface area contributed by atoms with Gasteiger partial charge in [-0.2, -0.15) is 5.10 Å². The molecule has 0 N–H and O–H groups in total. The van der Waals surface area contributed by atoms with Gasteiger partial charge in [-0.15, -0.1) is 0 Å². The summed E-state index contributed by atoms with van der Waals surface area (Å²) in [6.07, 6.45) is 3.97. The van der Waals surface area contributed by atoms with E-state index in [-0.39, 0.29) is 12.0 Å². The Hall–Kier alpha value is -2.73. The van der Waals surface area contributed by atoms with Crippen molar-refractivity contribution in [1.29, 1.82) is 0 Å². The zero-order chi connectivity index (χ0) is 19.5. The van der Waals surface area contributed by atoms with E-state index in [1.54, 1.807) is 6.20 Å². The summed E-state index contributed by atoms with van der Waals surface area (Å²) in [5, 5.41) is 5.24. The topological polar surface area (TPSA) is 60.2 Å². The van der Waals surface area contributed by atoms with Crippen LogP contribution in [0.3, 0.4) is 0 Å². The first kappa shape index (κ1) is 18.6. The summed E-state index contributed by atoms with van der Waals surface area (Å²) in [5.74, 6) is 0.0123. The average Bonchev–Trinajstić information content (AvgIpc) is 3.40. The molecule has 1 atom stereocenters. The predicted octanol–water partition coefficient (Wildman–Crippen LogP) is 3.76. The summed E-state index contributed by atoms with van der Waals surface area (Å²) in [7, 11) is 0. The van der Waals surface area contributed by atoms with Gasteiger partial charge in [-0.25, -0.2) is 9.67 Å². The lowest BCUT2D eigenvalue weighted by molar-refractivity contribution is 0.0540. The second-order valence-corrected chi connectivity index (χ2v) is 7.10. The third-order valence-corrected chi connectivity index (χ3v) is 5.33. The summed E-state index contributed by atoms with van der Waals surface area (Å²) in [6, 6.07) is 11.9. The van der Waals surface area contributed by atoms with Gasteiger partial charge in [-0.05, 0) is 32.8 Å². The normalized spacial score (nSPS) is 16.6. The number of amides is 1. The first-order valence-corrected chi connectivity index (χ1v) is 10.0. The van der Waals surface area contributed by atoms with Crippen molar-refractivity contribution >= 4 is 16.9 Å². The van der Waals surface area contributed by atoms with E-state index in [9.17, 15) is 4.79 Å².